The summed E-state index contributed by atoms with van der Waals surface area (Å²) in [5.41, 5.74) is -3.40. The lowest BCUT2D eigenvalue weighted by molar-refractivity contribution is -0.262. The number of rotatable bonds is 1. The summed E-state index contributed by atoms with van der Waals surface area (Å²) < 4.78 is 61.7. The molecule has 0 aromatic carbocycles. The average Bonchev–Trinajstić information content (AvgIpc) is 2.53. The van der Waals surface area contributed by atoms with Crippen LogP contribution >= 0.6 is 11.8 Å². The van der Waals surface area contributed by atoms with Gasteiger partial charge in [0.05, 0.1) is 5.04 Å². The molecule has 0 aromatic heterocycles. The zero-order chi connectivity index (χ0) is 14.6. The van der Waals surface area contributed by atoms with Gasteiger partial charge in [0.1, 0.15) is 0 Å². The van der Waals surface area contributed by atoms with Gasteiger partial charge < -0.3 is 5.11 Å². The van der Waals surface area contributed by atoms with Crippen LogP contribution in [0.5, 0.6) is 0 Å². The highest BCUT2D eigenvalue weighted by atomic mass is 32.2. The summed E-state index contributed by atoms with van der Waals surface area (Å²) in [6.45, 7) is 1.51. The van der Waals surface area contributed by atoms with Gasteiger partial charge in [0, 0.05) is 12.7 Å². The smallest absolute Gasteiger partial charge is 0.362 e. The van der Waals surface area contributed by atoms with Crippen molar-refractivity contribution in [3.63, 3.8) is 0 Å². The third-order valence-corrected chi connectivity index (χ3v) is 4.84. The molecule has 6 nitrogen and oxygen atoms in total. The van der Waals surface area contributed by atoms with Crippen molar-refractivity contribution in [3.05, 3.63) is 0 Å². The molecule has 0 spiro atoms. The molecule has 0 bridgehead atoms. The van der Waals surface area contributed by atoms with E-state index in [0.29, 0.717) is 5.04 Å². The number of halogens is 3. The highest BCUT2D eigenvalue weighted by Gasteiger charge is 2.60. The summed E-state index contributed by atoms with van der Waals surface area (Å²) in [6, 6.07) is 0. The molecule has 0 radical (unpaired) electrons. The molecule has 1 N–H and O–H groups in total. The van der Waals surface area contributed by atoms with Gasteiger partial charge in [0.2, 0.25) is 0 Å². The molecule has 2 aliphatic heterocycles. The van der Waals surface area contributed by atoms with E-state index >= 15 is 0 Å². The van der Waals surface area contributed by atoms with Crippen LogP contribution in [0.4, 0.5) is 13.2 Å². The fraction of sp³-hybridized carbons (Fsp3) is 0.750. The molecule has 0 aliphatic carbocycles. The van der Waals surface area contributed by atoms with E-state index in [0.717, 1.165) is 23.0 Å². The minimum absolute atomic E-state index is 0.265. The molecule has 19 heavy (non-hydrogen) atoms. The maximum Gasteiger partial charge on any atom is 0.438 e. The topological polar surface area (TPSA) is 82.3 Å². The van der Waals surface area contributed by atoms with E-state index in [4.69, 9.17) is 0 Å². The molecular formula is C8H10F3N3O3S2. The molecule has 0 amide bonds. The average molecular weight is 317 g/mol. The van der Waals surface area contributed by atoms with Crippen LogP contribution in [0.25, 0.3) is 0 Å². The van der Waals surface area contributed by atoms with Gasteiger partial charge >= 0.3 is 6.18 Å². The molecule has 108 valence electrons. The number of fused-ring (bicyclic) bond motifs is 1. The van der Waals surface area contributed by atoms with Gasteiger partial charge in [-0.15, -0.1) is 0 Å². The Bertz CT molecular complexity index is 572. The second-order valence-electron chi connectivity index (χ2n) is 4.26. The van der Waals surface area contributed by atoms with E-state index in [2.05, 4.69) is 10.1 Å². The lowest BCUT2D eigenvalue weighted by atomic mass is 10.1. The molecule has 2 heterocycles. The highest BCUT2D eigenvalue weighted by molar-refractivity contribution is 8.26. The summed E-state index contributed by atoms with van der Waals surface area (Å²) in [6.07, 6.45) is -5.35. The number of hydrogen-bond donors (Lipinski definition) is 1. The van der Waals surface area contributed by atoms with Crippen LogP contribution in [0.1, 0.15) is 13.3 Å². The first-order chi connectivity index (χ1) is 8.44. The van der Waals surface area contributed by atoms with Gasteiger partial charge in [0.15, 0.2) is 20.4 Å². The van der Waals surface area contributed by atoms with Gasteiger partial charge in [0.25, 0.3) is 5.72 Å². The Hall–Kier alpha value is -0.810. The van der Waals surface area contributed by atoms with Gasteiger partial charge in [-0.2, -0.15) is 18.3 Å². The van der Waals surface area contributed by atoms with Crippen molar-refractivity contribution < 1.29 is 26.7 Å². The molecule has 0 fully saturated rings. The van der Waals surface area contributed by atoms with Crippen molar-refractivity contribution in [1.82, 2.24) is 5.01 Å². The zero-order valence-electron chi connectivity index (χ0n) is 9.84. The normalized spacial score (nSPS) is 31.9. The number of sulfone groups is 1. The van der Waals surface area contributed by atoms with Gasteiger partial charge in [-0.25, -0.2) is 18.4 Å². The Morgan fingerprint density at radius 3 is 2.58 bits per heavy atom. The Balaban J connectivity index is 2.53. The molecule has 0 saturated heterocycles. The van der Waals surface area contributed by atoms with Crippen LogP contribution in [0.3, 0.4) is 0 Å². The number of aliphatic hydroxyl groups is 1. The monoisotopic (exact) mass is 317 g/mol. The lowest BCUT2D eigenvalue weighted by Gasteiger charge is -2.37. The van der Waals surface area contributed by atoms with Crippen LogP contribution < -0.4 is 0 Å². The molecule has 0 saturated carbocycles. The number of hydrogen-bond acceptors (Lipinski definition) is 7. The number of amidine groups is 1. The van der Waals surface area contributed by atoms with Crippen molar-refractivity contribution in [2.24, 2.45) is 10.1 Å². The minimum atomic E-state index is -5.05. The summed E-state index contributed by atoms with van der Waals surface area (Å²) in [5, 5.41) is 12.9. The van der Waals surface area contributed by atoms with Crippen molar-refractivity contribution in [1.29, 1.82) is 0 Å². The van der Waals surface area contributed by atoms with Crippen LogP contribution in [0.2, 0.25) is 0 Å². The van der Waals surface area contributed by atoms with E-state index in [1.807, 2.05) is 0 Å². The summed E-state index contributed by atoms with van der Waals surface area (Å²) in [4.78, 5) is 3.22. The van der Waals surface area contributed by atoms with Crippen LogP contribution in [0.15, 0.2) is 10.1 Å². The zero-order valence-corrected chi connectivity index (χ0v) is 11.5. The summed E-state index contributed by atoms with van der Waals surface area (Å²) >= 11 is 0.789. The maximum absolute atomic E-state index is 12.8. The van der Waals surface area contributed by atoms with Crippen molar-refractivity contribution in [2.45, 2.75) is 30.6 Å². The third kappa shape index (κ3) is 2.46. The predicted octanol–water partition coefficient (Wildman–Crippen LogP) is 0.750. The molecule has 2 atom stereocenters. The number of alkyl halides is 3. The van der Waals surface area contributed by atoms with Crippen molar-refractivity contribution >= 4 is 31.8 Å². The number of thioether (sulfide) groups is 1. The van der Waals surface area contributed by atoms with E-state index in [1.165, 1.54) is 6.92 Å². The quantitative estimate of drug-likeness (QED) is 0.772. The van der Waals surface area contributed by atoms with E-state index in [-0.39, 0.29) is 5.17 Å². The standard InChI is InChI=1S/C8H10F3N3O3S2/c1-4-13-14-5(19(2,16)17)3-7(15,8(9,10)11)12-6(14)18-4/h5,15H,3H2,1-2H3/t5-,7-/m1/s1. The number of nitrogens with zero attached hydrogens (tertiary/aromatic N) is 3. The SMILES string of the molecule is CC1=NN2C(=N[C@](O)(C(F)(F)F)C[C@H]2S(C)(=O)=O)S1. The van der Waals surface area contributed by atoms with Gasteiger partial charge in [-0.05, 0) is 18.7 Å². The van der Waals surface area contributed by atoms with Crippen LogP contribution in [-0.4, -0.2) is 52.3 Å². The largest absolute Gasteiger partial charge is 0.438 e. The fourth-order valence-corrected chi connectivity index (χ4v) is 3.66. The Labute approximate surface area is 111 Å². The second kappa shape index (κ2) is 4.09. The van der Waals surface area contributed by atoms with E-state index in [9.17, 15) is 26.7 Å². The molecule has 0 unspecified atom stereocenters. The van der Waals surface area contributed by atoms with Gasteiger partial charge in [-0.3, -0.25) is 0 Å². The minimum Gasteiger partial charge on any atom is -0.362 e. The Morgan fingerprint density at radius 1 is 1.53 bits per heavy atom. The highest BCUT2D eigenvalue weighted by Crippen LogP contribution is 2.43. The van der Waals surface area contributed by atoms with Crippen molar-refractivity contribution in [3.8, 4) is 0 Å². The summed E-state index contributed by atoms with van der Waals surface area (Å²) in [5.74, 6) is 0. The fourth-order valence-electron chi connectivity index (χ4n) is 1.70. The first-order valence-electron chi connectivity index (χ1n) is 5.04. The Kier molecular flexibility index (Phi) is 3.14. The molecule has 11 heteroatoms. The molecule has 0 aromatic rings. The van der Waals surface area contributed by atoms with Crippen LogP contribution in [-0.2, 0) is 9.84 Å². The first-order valence-corrected chi connectivity index (χ1v) is 7.81. The molecule has 2 rings (SSSR count). The second-order valence-corrected chi connectivity index (χ2v) is 7.63. The lowest BCUT2D eigenvalue weighted by Crippen LogP contribution is -2.55. The molecular weight excluding hydrogens is 307 g/mol. The third-order valence-electron chi connectivity index (χ3n) is 2.64. The summed E-state index contributed by atoms with van der Waals surface area (Å²) in [7, 11) is -3.87. The van der Waals surface area contributed by atoms with E-state index < -0.39 is 33.5 Å². The first kappa shape index (κ1) is 14.6. The van der Waals surface area contributed by atoms with Crippen molar-refractivity contribution in [2.75, 3.05) is 6.26 Å². The predicted molar refractivity (Wildman–Crippen MR) is 64.2 cm³/mol. The molecule has 2 aliphatic rings. The number of aliphatic imine (C=N–C) groups is 1. The van der Waals surface area contributed by atoms with E-state index in [1.54, 1.807) is 0 Å². The van der Waals surface area contributed by atoms with Crippen LogP contribution in [0, 0.1) is 0 Å². The Morgan fingerprint density at radius 2 is 2.11 bits per heavy atom. The van der Waals surface area contributed by atoms with Gasteiger partial charge in [-0.1, -0.05) is 0 Å². The maximum atomic E-state index is 12.8. The number of hydrazone groups is 1.